The molecule has 0 aliphatic heterocycles. The van der Waals surface area contributed by atoms with Crippen LogP contribution in [0.1, 0.15) is 27.7 Å². The number of amides is 1. The number of anilines is 1. The van der Waals surface area contributed by atoms with Crippen LogP contribution in [-0.2, 0) is 24.3 Å². The van der Waals surface area contributed by atoms with Gasteiger partial charge in [0.1, 0.15) is 0 Å². The zero-order chi connectivity index (χ0) is 16.9. The highest BCUT2D eigenvalue weighted by Gasteiger charge is 2.17. The second-order valence-electron chi connectivity index (χ2n) is 5.04. The fraction of sp³-hybridized carbons (Fsp3) is 0.429. The molecule has 0 saturated heterocycles. The minimum Gasteiger partial charge on any atom is -0.453 e. The predicted molar refractivity (Wildman–Crippen MR) is 81.8 cm³/mol. The first kappa shape index (κ1) is 18.1. The number of nitrogens with one attached hydrogen (secondary N) is 2. The highest BCUT2D eigenvalue weighted by molar-refractivity contribution is 7.89. The second-order valence-corrected chi connectivity index (χ2v) is 6.76. The largest absolute Gasteiger partial charge is 0.453 e. The Morgan fingerprint density at radius 1 is 1.09 bits per heavy atom. The third-order valence-electron chi connectivity index (χ3n) is 2.53. The third-order valence-corrected chi connectivity index (χ3v) is 4.21. The van der Waals surface area contributed by atoms with Crippen LogP contribution in [0.25, 0.3) is 0 Å². The van der Waals surface area contributed by atoms with Gasteiger partial charge in [0, 0.05) is 18.7 Å². The Balaban J connectivity index is 2.77. The fourth-order valence-electron chi connectivity index (χ4n) is 1.64. The van der Waals surface area contributed by atoms with Crippen molar-refractivity contribution in [3.05, 3.63) is 24.3 Å². The van der Waals surface area contributed by atoms with E-state index in [1.165, 1.54) is 38.1 Å². The Morgan fingerprint density at radius 3 is 2.09 bits per heavy atom. The van der Waals surface area contributed by atoms with Gasteiger partial charge in [0.2, 0.25) is 10.0 Å². The summed E-state index contributed by atoms with van der Waals surface area (Å²) in [7, 11) is -3.57. The molecule has 0 aliphatic rings. The molecule has 8 heteroatoms. The number of hydrogen-bond donors (Lipinski definition) is 2. The average molecular weight is 328 g/mol. The highest BCUT2D eigenvalue weighted by atomic mass is 32.2. The first-order valence-corrected chi connectivity index (χ1v) is 8.20. The maximum atomic E-state index is 11.9. The number of sulfonamides is 1. The van der Waals surface area contributed by atoms with Gasteiger partial charge in [-0.1, -0.05) is 0 Å². The molecule has 0 aliphatic carbocycles. The van der Waals surface area contributed by atoms with E-state index in [1.807, 2.05) is 0 Å². The van der Waals surface area contributed by atoms with E-state index in [9.17, 15) is 18.0 Å². The smallest absolute Gasteiger partial charge is 0.303 e. The first-order valence-electron chi connectivity index (χ1n) is 6.72. The normalized spacial score (nSPS) is 12.8. The van der Waals surface area contributed by atoms with E-state index in [-0.39, 0.29) is 10.9 Å². The molecular formula is C14H20N2O5S. The van der Waals surface area contributed by atoms with E-state index < -0.39 is 28.0 Å². The monoisotopic (exact) mass is 328 g/mol. The number of carbonyl (C=O) groups excluding carboxylic acids is 2. The summed E-state index contributed by atoms with van der Waals surface area (Å²) in [6, 6.07) is 5.49. The molecule has 0 bridgehead atoms. The molecule has 122 valence electrons. The van der Waals surface area contributed by atoms with Crippen molar-refractivity contribution in [3.63, 3.8) is 0 Å². The van der Waals surface area contributed by atoms with Crippen molar-refractivity contribution >= 4 is 27.6 Å². The van der Waals surface area contributed by atoms with Crippen molar-refractivity contribution in [2.24, 2.45) is 0 Å². The van der Waals surface area contributed by atoms with Crippen LogP contribution < -0.4 is 10.0 Å². The summed E-state index contributed by atoms with van der Waals surface area (Å²) in [5, 5.41) is 2.54. The summed E-state index contributed by atoms with van der Waals surface area (Å²) in [6.45, 7) is 6.11. The topological polar surface area (TPSA) is 102 Å². The second kappa shape index (κ2) is 7.37. The summed E-state index contributed by atoms with van der Waals surface area (Å²) < 4.78 is 31.1. The standard InChI is InChI=1S/C14H20N2O5S/c1-9(2)16-22(19,20)13-7-5-12(6-8-13)15-14(18)10(3)21-11(4)17/h5-10,16H,1-4H3,(H,15,18)/t10-/m1/s1. The summed E-state index contributed by atoms with van der Waals surface area (Å²) in [6.07, 6.45) is -0.927. The van der Waals surface area contributed by atoms with Crippen molar-refractivity contribution in [1.82, 2.24) is 4.72 Å². The number of rotatable bonds is 6. The predicted octanol–water partition coefficient (Wildman–Crippen LogP) is 1.26. The van der Waals surface area contributed by atoms with E-state index in [4.69, 9.17) is 4.74 Å². The van der Waals surface area contributed by atoms with E-state index in [0.717, 1.165) is 0 Å². The van der Waals surface area contributed by atoms with Crippen molar-refractivity contribution in [2.45, 2.75) is 44.7 Å². The van der Waals surface area contributed by atoms with Crippen molar-refractivity contribution in [3.8, 4) is 0 Å². The lowest BCUT2D eigenvalue weighted by Gasteiger charge is -2.13. The maximum absolute atomic E-state index is 11.9. The SMILES string of the molecule is CC(=O)O[C@H](C)C(=O)Nc1ccc(S(=O)(=O)NC(C)C)cc1. The lowest BCUT2D eigenvalue weighted by Crippen LogP contribution is -2.30. The van der Waals surface area contributed by atoms with Gasteiger partial charge in [-0.2, -0.15) is 0 Å². The molecule has 0 aromatic heterocycles. The molecule has 1 aromatic rings. The lowest BCUT2D eigenvalue weighted by atomic mass is 10.3. The van der Waals surface area contributed by atoms with Gasteiger partial charge < -0.3 is 10.1 Å². The number of benzene rings is 1. The summed E-state index contributed by atoms with van der Waals surface area (Å²) in [5.74, 6) is -1.05. The van der Waals surface area contributed by atoms with Gasteiger partial charge in [0.15, 0.2) is 6.10 Å². The number of ether oxygens (including phenoxy) is 1. The van der Waals surface area contributed by atoms with Crippen LogP contribution in [0.3, 0.4) is 0 Å². The van der Waals surface area contributed by atoms with Gasteiger partial charge in [0.05, 0.1) is 4.90 Å². The van der Waals surface area contributed by atoms with Crippen molar-refractivity contribution < 1.29 is 22.7 Å². The van der Waals surface area contributed by atoms with E-state index in [1.54, 1.807) is 13.8 Å². The zero-order valence-corrected chi connectivity index (χ0v) is 13.7. The molecule has 1 amide bonds. The van der Waals surface area contributed by atoms with Crippen LogP contribution in [0.4, 0.5) is 5.69 Å². The van der Waals surface area contributed by atoms with Gasteiger partial charge >= 0.3 is 5.97 Å². The molecule has 0 radical (unpaired) electrons. The fourth-order valence-corrected chi connectivity index (χ4v) is 2.89. The molecular weight excluding hydrogens is 308 g/mol. The van der Waals surface area contributed by atoms with Crippen LogP contribution in [0.2, 0.25) is 0 Å². The minimum absolute atomic E-state index is 0.104. The van der Waals surface area contributed by atoms with Gasteiger partial charge in [-0.3, -0.25) is 9.59 Å². The molecule has 0 heterocycles. The molecule has 1 aromatic carbocycles. The molecule has 0 unspecified atom stereocenters. The average Bonchev–Trinajstić information content (AvgIpc) is 2.36. The molecule has 2 N–H and O–H groups in total. The van der Waals surface area contributed by atoms with Crippen LogP contribution in [0.5, 0.6) is 0 Å². The number of carbonyl (C=O) groups is 2. The summed E-state index contributed by atoms with van der Waals surface area (Å²) >= 11 is 0. The Bertz CT molecular complexity index is 638. The molecule has 1 atom stereocenters. The van der Waals surface area contributed by atoms with Gasteiger partial charge in [-0.25, -0.2) is 13.1 Å². The summed E-state index contributed by atoms with van der Waals surface area (Å²) in [5.41, 5.74) is 0.410. The molecule has 7 nitrogen and oxygen atoms in total. The maximum Gasteiger partial charge on any atom is 0.303 e. The molecule has 22 heavy (non-hydrogen) atoms. The van der Waals surface area contributed by atoms with Crippen molar-refractivity contribution in [1.29, 1.82) is 0 Å². The molecule has 1 rings (SSSR count). The molecule has 0 fully saturated rings. The van der Waals surface area contributed by atoms with E-state index in [2.05, 4.69) is 10.0 Å². The van der Waals surface area contributed by atoms with Gasteiger partial charge in [-0.05, 0) is 45.0 Å². The van der Waals surface area contributed by atoms with E-state index in [0.29, 0.717) is 5.69 Å². The Hall–Kier alpha value is -1.93. The molecule has 0 saturated carbocycles. The number of hydrogen-bond acceptors (Lipinski definition) is 5. The quantitative estimate of drug-likeness (QED) is 0.766. The van der Waals surface area contributed by atoms with Crippen LogP contribution >= 0.6 is 0 Å². The van der Waals surface area contributed by atoms with Crippen LogP contribution in [0, 0.1) is 0 Å². The Kier molecular flexibility index (Phi) is 6.07. The Morgan fingerprint density at radius 2 is 1.64 bits per heavy atom. The highest BCUT2D eigenvalue weighted by Crippen LogP contribution is 2.15. The van der Waals surface area contributed by atoms with Crippen LogP contribution in [-0.4, -0.2) is 32.4 Å². The Labute approximate surface area is 130 Å². The third kappa shape index (κ3) is 5.45. The van der Waals surface area contributed by atoms with Crippen molar-refractivity contribution in [2.75, 3.05) is 5.32 Å². The van der Waals surface area contributed by atoms with Crippen LogP contribution in [0.15, 0.2) is 29.2 Å². The zero-order valence-electron chi connectivity index (χ0n) is 12.9. The van der Waals surface area contributed by atoms with Gasteiger partial charge in [0.25, 0.3) is 5.91 Å². The van der Waals surface area contributed by atoms with Gasteiger partial charge in [-0.15, -0.1) is 0 Å². The lowest BCUT2D eigenvalue weighted by molar-refractivity contribution is -0.150. The minimum atomic E-state index is -3.57. The summed E-state index contributed by atoms with van der Waals surface area (Å²) in [4.78, 5) is 22.6. The molecule has 0 spiro atoms. The van der Waals surface area contributed by atoms with E-state index >= 15 is 0 Å². The first-order chi connectivity index (χ1) is 10.1. The number of esters is 1.